The monoisotopic (exact) mass is 474 g/mol. The molecule has 5 heteroatoms. The summed E-state index contributed by atoms with van der Waals surface area (Å²) in [7, 11) is 0. The molecule has 0 atom stereocenters. The van der Waals surface area contributed by atoms with Crippen molar-refractivity contribution in [2.24, 2.45) is 0 Å². The summed E-state index contributed by atoms with van der Waals surface area (Å²) in [4.78, 5) is 0. The number of fused-ring (bicyclic) bond motifs is 1. The van der Waals surface area contributed by atoms with Gasteiger partial charge in [-0.3, -0.25) is 0 Å². The van der Waals surface area contributed by atoms with E-state index in [0.717, 1.165) is 23.3 Å². The Labute approximate surface area is 201 Å². The van der Waals surface area contributed by atoms with Gasteiger partial charge in [0.15, 0.2) is 11.6 Å². The van der Waals surface area contributed by atoms with Gasteiger partial charge in [-0.25, -0.2) is 17.6 Å². The molecule has 0 amide bonds. The molecule has 0 aliphatic carbocycles. The molecule has 4 aromatic carbocycles. The third kappa shape index (κ3) is 6.10. The van der Waals surface area contributed by atoms with Gasteiger partial charge in [-0.15, -0.1) is 0 Å². The van der Waals surface area contributed by atoms with Crippen molar-refractivity contribution < 1.29 is 22.3 Å². The molecule has 0 bridgehead atoms. The molecule has 0 aliphatic heterocycles. The summed E-state index contributed by atoms with van der Waals surface area (Å²) in [6.45, 7) is 2.09. The highest BCUT2D eigenvalue weighted by Crippen LogP contribution is 2.23. The van der Waals surface area contributed by atoms with Crippen molar-refractivity contribution in [3.05, 3.63) is 124 Å². The SMILES string of the molecule is C/C=C/COc1cc(F)c(CCc2ccc(C#Cc3ccc4cc(F)c(F)cc4c3)cc2)c(F)c1. The standard InChI is InChI=1S/C30H22F4O/c1-2-3-14-35-25-18-27(31)26(28(32)19-25)13-11-21-6-4-20(5-7-21)8-9-22-10-12-23-16-29(33)30(34)17-24(23)15-22/h2-7,10,12,15-19H,11,13-14H2,1H3/b3-2+. The third-order valence-corrected chi connectivity index (χ3v) is 5.54. The highest BCUT2D eigenvalue weighted by Gasteiger charge is 2.12. The van der Waals surface area contributed by atoms with Gasteiger partial charge >= 0.3 is 0 Å². The fraction of sp³-hybridized carbons (Fsp3) is 0.133. The summed E-state index contributed by atoms with van der Waals surface area (Å²) >= 11 is 0. The van der Waals surface area contributed by atoms with Gasteiger partial charge in [0.25, 0.3) is 0 Å². The zero-order valence-electron chi connectivity index (χ0n) is 19.0. The Balaban J connectivity index is 1.41. The summed E-state index contributed by atoms with van der Waals surface area (Å²) in [5.41, 5.74) is 2.39. The Morgan fingerprint density at radius 3 is 2.00 bits per heavy atom. The maximum absolute atomic E-state index is 14.4. The van der Waals surface area contributed by atoms with Crippen LogP contribution in [0.25, 0.3) is 10.8 Å². The van der Waals surface area contributed by atoms with Crippen molar-refractivity contribution >= 4 is 10.8 Å². The summed E-state index contributed by atoms with van der Waals surface area (Å²) in [6, 6.07) is 17.3. The molecule has 0 spiro atoms. The smallest absolute Gasteiger partial charge is 0.159 e. The second-order valence-electron chi connectivity index (χ2n) is 8.02. The van der Waals surface area contributed by atoms with E-state index in [2.05, 4.69) is 11.8 Å². The Morgan fingerprint density at radius 2 is 1.31 bits per heavy atom. The lowest BCUT2D eigenvalue weighted by Gasteiger charge is -2.09. The van der Waals surface area contributed by atoms with E-state index in [-0.39, 0.29) is 24.3 Å². The molecule has 0 heterocycles. The van der Waals surface area contributed by atoms with Crippen molar-refractivity contribution in [2.45, 2.75) is 19.8 Å². The van der Waals surface area contributed by atoms with Crippen LogP contribution in [0, 0.1) is 35.1 Å². The molecule has 0 radical (unpaired) electrons. The van der Waals surface area contributed by atoms with Crippen LogP contribution >= 0.6 is 0 Å². The Bertz CT molecular complexity index is 1420. The minimum atomic E-state index is -0.897. The zero-order valence-corrected chi connectivity index (χ0v) is 19.0. The highest BCUT2D eigenvalue weighted by atomic mass is 19.2. The van der Waals surface area contributed by atoms with E-state index in [4.69, 9.17) is 4.74 Å². The average molecular weight is 474 g/mol. The molecule has 176 valence electrons. The van der Waals surface area contributed by atoms with E-state index in [9.17, 15) is 17.6 Å². The first-order valence-corrected chi connectivity index (χ1v) is 11.1. The van der Waals surface area contributed by atoms with E-state index in [0.29, 0.717) is 22.8 Å². The summed E-state index contributed by atoms with van der Waals surface area (Å²) < 4.78 is 61.0. The van der Waals surface area contributed by atoms with Crippen LogP contribution in [0.4, 0.5) is 17.6 Å². The minimum absolute atomic E-state index is 0.0277. The van der Waals surface area contributed by atoms with E-state index in [1.165, 1.54) is 12.1 Å². The largest absolute Gasteiger partial charge is 0.489 e. The van der Waals surface area contributed by atoms with Crippen LogP contribution < -0.4 is 4.74 Å². The number of aryl methyl sites for hydroxylation is 1. The Kier molecular flexibility index (Phi) is 7.52. The molecule has 0 fully saturated rings. The van der Waals surface area contributed by atoms with Crippen molar-refractivity contribution in [1.29, 1.82) is 0 Å². The zero-order chi connectivity index (χ0) is 24.8. The first-order chi connectivity index (χ1) is 16.9. The number of halogens is 4. The molecule has 0 aromatic heterocycles. The second-order valence-corrected chi connectivity index (χ2v) is 8.02. The van der Waals surface area contributed by atoms with Gasteiger partial charge in [-0.2, -0.15) is 0 Å². The third-order valence-electron chi connectivity index (χ3n) is 5.54. The van der Waals surface area contributed by atoms with Crippen LogP contribution in [0.5, 0.6) is 5.75 Å². The normalized spacial score (nSPS) is 11.0. The molecule has 0 aliphatic rings. The van der Waals surface area contributed by atoms with Gasteiger partial charge in [0.2, 0.25) is 0 Å². The highest BCUT2D eigenvalue weighted by molar-refractivity contribution is 5.84. The number of rotatable bonds is 6. The maximum atomic E-state index is 14.4. The molecular formula is C30H22F4O. The predicted octanol–water partition coefficient (Wildman–Crippen LogP) is 7.54. The summed E-state index contributed by atoms with van der Waals surface area (Å²) in [6.07, 6.45) is 4.23. The lowest BCUT2D eigenvalue weighted by Crippen LogP contribution is -2.02. The van der Waals surface area contributed by atoms with Gasteiger partial charge in [0, 0.05) is 28.8 Å². The van der Waals surface area contributed by atoms with Crippen molar-refractivity contribution in [2.75, 3.05) is 6.61 Å². The summed E-state index contributed by atoms with van der Waals surface area (Å²) in [5.74, 6) is 3.20. The predicted molar refractivity (Wildman–Crippen MR) is 130 cm³/mol. The fourth-order valence-corrected chi connectivity index (χ4v) is 3.63. The maximum Gasteiger partial charge on any atom is 0.159 e. The lowest BCUT2D eigenvalue weighted by molar-refractivity contribution is 0.356. The van der Waals surface area contributed by atoms with E-state index in [1.54, 1.807) is 30.4 Å². The number of benzene rings is 4. The molecule has 0 unspecified atom stereocenters. The quantitative estimate of drug-likeness (QED) is 0.159. The first kappa shape index (κ1) is 24.1. The van der Waals surface area contributed by atoms with Crippen LogP contribution in [0.3, 0.4) is 0 Å². The lowest BCUT2D eigenvalue weighted by atomic mass is 10.0. The molecule has 4 rings (SSSR count). The number of allylic oxidation sites excluding steroid dienone is 1. The van der Waals surface area contributed by atoms with Crippen LogP contribution in [-0.2, 0) is 12.8 Å². The van der Waals surface area contributed by atoms with Crippen molar-refractivity contribution in [3.8, 4) is 17.6 Å². The van der Waals surface area contributed by atoms with E-state index < -0.39 is 23.3 Å². The molecule has 0 saturated heterocycles. The topological polar surface area (TPSA) is 9.23 Å². The van der Waals surface area contributed by atoms with Crippen molar-refractivity contribution in [3.63, 3.8) is 0 Å². The Hall–Kier alpha value is -4.04. The number of hydrogen-bond donors (Lipinski definition) is 0. The van der Waals surface area contributed by atoms with Crippen LogP contribution in [0.15, 0.2) is 78.9 Å². The number of hydrogen-bond acceptors (Lipinski definition) is 1. The van der Waals surface area contributed by atoms with Gasteiger partial charge in [-0.05, 0) is 72.5 Å². The van der Waals surface area contributed by atoms with Gasteiger partial charge in [0.1, 0.15) is 24.0 Å². The Morgan fingerprint density at radius 1 is 0.686 bits per heavy atom. The molecule has 35 heavy (non-hydrogen) atoms. The first-order valence-electron chi connectivity index (χ1n) is 11.1. The molecular weight excluding hydrogens is 452 g/mol. The van der Waals surface area contributed by atoms with E-state index >= 15 is 0 Å². The van der Waals surface area contributed by atoms with Crippen molar-refractivity contribution in [1.82, 2.24) is 0 Å². The van der Waals surface area contributed by atoms with Crippen LogP contribution in [0.2, 0.25) is 0 Å². The van der Waals surface area contributed by atoms with Crippen LogP contribution in [-0.4, -0.2) is 6.61 Å². The second kappa shape index (κ2) is 10.9. The summed E-state index contributed by atoms with van der Waals surface area (Å²) in [5, 5.41) is 1.17. The van der Waals surface area contributed by atoms with Gasteiger partial charge < -0.3 is 4.74 Å². The molecule has 0 N–H and O–H groups in total. The molecule has 4 aromatic rings. The molecule has 0 saturated carbocycles. The van der Waals surface area contributed by atoms with Gasteiger partial charge in [-0.1, -0.05) is 42.2 Å². The fourth-order valence-electron chi connectivity index (χ4n) is 3.63. The van der Waals surface area contributed by atoms with E-state index in [1.807, 2.05) is 31.2 Å². The average Bonchev–Trinajstić information content (AvgIpc) is 2.84. The van der Waals surface area contributed by atoms with Gasteiger partial charge in [0.05, 0.1) is 0 Å². The minimum Gasteiger partial charge on any atom is -0.489 e. The van der Waals surface area contributed by atoms with Crippen LogP contribution in [0.1, 0.15) is 29.2 Å². The number of ether oxygens (including phenoxy) is 1. The molecule has 1 nitrogen and oxygen atoms in total.